The molecule has 1 unspecified atom stereocenters. The second kappa shape index (κ2) is 5.06. The fourth-order valence-corrected chi connectivity index (χ4v) is 2.57. The second-order valence-electron chi connectivity index (χ2n) is 5.30. The number of rotatable bonds is 3. The van der Waals surface area contributed by atoms with Gasteiger partial charge in [0.25, 0.3) is 0 Å². The summed E-state index contributed by atoms with van der Waals surface area (Å²) >= 11 is 0. The van der Waals surface area contributed by atoms with Crippen LogP contribution in [0, 0.1) is 0 Å². The van der Waals surface area contributed by atoms with Crippen LogP contribution in [0.5, 0.6) is 5.75 Å². The molecule has 2 nitrogen and oxygen atoms in total. The molecule has 0 bridgehead atoms. The van der Waals surface area contributed by atoms with Crippen LogP contribution < -0.4 is 10.1 Å². The lowest BCUT2D eigenvalue weighted by atomic mass is 10.00. The Morgan fingerprint density at radius 1 is 1.05 bits per heavy atom. The standard InChI is InChI=1S/C17H19NO/c1-12(2)18-16-11-19-17-9-8-14(10-15(16)17)13-6-4-3-5-7-13/h3-10,12,16,18H,11H2,1-2H3. The predicted octanol–water partition coefficient (Wildman–Crippen LogP) is 3.79. The van der Waals surface area contributed by atoms with Crippen molar-refractivity contribution < 1.29 is 4.74 Å². The van der Waals surface area contributed by atoms with Crippen LogP contribution in [0.4, 0.5) is 0 Å². The van der Waals surface area contributed by atoms with Crippen LogP contribution in [0.3, 0.4) is 0 Å². The third kappa shape index (κ3) is 2.49. The lowest BCUT2D eigenvalue weighted by Crippen LogP contribution is -2.28. The minimum atomic E-state index is 0.304. The Kier molecular flexibility index (Phi) is 3.26. The summed E-state index contributed by atoms with van der Waals surface area (Å²) < 4.78 is 5.74. The van der Waals surface area contributed by atoms with Gasteiger partial charge >= 0.3 is 0 Å². The van der Waals surface area contributed by atoms with E-state index >= 15 is 0 Å². The summed E-state index contributed by atoms with van der Waals surface area (Å²) in [6.07, 6.45) is 0. The Morgan fingerprint density at radius 2 is 1.84 bits per heavy atom. The first-order valence-corrected chi connectivity index (χ1v) is 6.82. The van der Waals surface area contributed by atoms with E-state index in [4.69, 9.17) is 4.74 Å². The molecule has 0 saturated carbocycles. The third-order valence-corrected chi connectivity index (χ3v) is 3.43. The van der Waals surface area contributed by atoms with Crippen molar-refractivity contribution in [3.63, 3.8) is 0 Å². The summed E-state index contributed by atoms with van der Waals surface area (Å²) in [4.78, 5) is 0. The first kappa shape index (κ1) is 12.2. The average Bonchev–Trinajstić information content (AvgIpc) is 2.82. The number of hydrogen-bond acceptors (Lipinski definition) is 2. The Hall–Kier alpha value is -1.80. The van der Waals surface area contributed by atoms with E-state index in [1.807, 2.05) is 6.07 Å². The molecule has 1 atom stereocenters. The molecule has 0 spiro atoms. The number of hydrogen-bond donors (Lipinski definition) is 1. The zero-order valence-corrected chi connectivity index (χ0v) is 11.4. The predicted molar refractivity (Wildman–Crippen MR) is 78.4 cm³/mol. The van der Waals surface area contributed by atoms with E-state index in [0.717, 1.165) is 12.4 Å². The molecule has 98 valence electrons. The van der Waals surface area contributed by atoms with Crippen molar-refractivity contribution in [2.24, 2.45) is 0 Å². The van der Waals surface area contributed by atoms with Gasteiger partial charge in [-0.2, -0.15) is 0 Å². The second-order valence-corrected chi connectivity index (χ2v) is 5.30. The molecule has 3 rings (SSSR count). The van der Waals surface area contributed by atoms with Crippen LogP contribution >= 0.6 is 0 Å². The van der Waals surface area contributed by atoms with Gasteiger partial charge in [0.05, 0.1) is 6.04 Å². The lowest BCUT2D eigenvalue weighted by molar-refractivity contribution is 0.303. The first-order chi connectivity index (χ1) is 9.24. The lowest BCUT2D eigenvalue weighted by Gasteiger charge is -2.15. The molecule has 0 amide bonds. The van der Waals surface area contributed by atoms with E-state index in [9.17, 15) is 0 Å². The van der Waals surface area contributed by atoms with Crippen molar-refractivity contribution in [3.05, 3.63) is 54.1 Å². The number of nitrogens with one attached hydrogen (secondary N) is 1. The van der Waals surface area contributed by atoms with Crippen molar-refractivity contribution in [1.29, 1.82) is 0 Å². The van der Waals surface area contributed by atoms with Gasteiger partial charge in [-0.1, -0.05) is 50.2 Å². The van der Waals surface area contributed by atoms with Crippen molar-refractivity contribution in [3.8, 4) is 16.9 Å². The Morgan fingerprint density at radius 3 is 2.58 bits per heavy atom. The number of fused-ring (bicyclic) bond motifs is 1. The van der Waals surface area contributed by atoms with E-state index in [1.165, 1.54) is 16.7 Å². The molecule has 0 radical (unpaired) electrons. The van der Waals surface area contributed by atoms with Gasteiger partial charge in [-0.3, -0.25) is 0 Å². The van der Waals surface area contributed by atoms with Crippen molar-refractivity contribution in [1.82, 2.24) is 5.32 Å². The van der Waals surface area contributed by atoms with Gasteiger partial charge in [0, 0.05) is 11.6 Å². The van der Waals surface area contributed by atoms with Crippen molar-refractivity contribution in [2.75, 3.05) is 6.61 Å². The highest BCUT2D eigenvalue weighted by molar-refractivity contribution is 5.66. The van der Waals surface area contributed by atoms with Gasteiger partial charge in [0.2, 0.25) is 0 Å². The molecule has 2 aromatic rings. The zero-order chi connectivity index (χ0) is 13.2. The van der Waals surface area contributed by atoms with Crippen LogP contribution in [-0.2, 0) is 0 Å². The van der Waals surface area contributed by atoms with Gasteiger partial charge in [0.1, 0.15) is 12.4 Å². The minimum Gasteiger partial charge on any atom is -0.491 e. The maximum Gasteiger partial charge on any atom is 0.124 e. The van der Waals surface area contributed by atoms with E-state index in [-0.39, 0.29) is 0 Å². The quantitative estimate of drug-likeness (QED) is 0.898. The van der Waals surface area contributed by atoms with Crippen LogP contribution in [0.25, 0.3) is 11.1 Å². The first-order valence-electron chi connectivity index (χ1n) is 6.82. The molecule has 1 aliphatic heterocycles. The SMILES string of the molecule is CC(C)NC1COc2ccc(-c3ccccc3)cc21. The molecule has 0 fully saturated rings. The summed E-state index contributed by atoms with van der Waals surface area (Å²) in [6, 6.07) is 17.7. The van der Waals surface area contributed by atoms with Crippen LogP contribution in [0.15, 0.2) is 48.5 Å². The van der Waals surface area contributed by atoms with Gasteiger partial charge in [0.15, 0.2) is 0 Å². The van der Waals surface area contributed by atoms with E-state index in [2.05, 4.69) is 61.6 Å². The highest BCUT2D eigenvalue weighted by Crippen LogP contribution is 2.35. The van der Waals surface area contributed by atoms with Gasteiger partial charge in [-0.15, -0.1) is 0 Å². The minimum absolute atomic E-state index is 0.304. The highest BCUT2D eigenvalue weighted by Gasteiger charge is 2.24. The summed E-state index contributed by atoms with van der Waals surface area (Å²) in [5.41, 5.74) is 3.77. The Labute approximate surface area is 114 Å². The molecular weight excluding hydrogens is 234 g/mol. The monoisotopic (exact) mass is 253 g/mol. The molecule has 1 N–H and O–H groups in total. The van der Waals surface area contributed by atoms with Gasteiger partial charge in [-0.25, -0.2) is 0 Å². The molecule has 1 aliphatic rings. The Bertz CT molecular complexity index is 563. The molecule has 2 heteroatoms. The maximum atomic E-state index is 5.74. The number of ether oxygens (including phenoxy) is 1. The highest BCUT2D eigenvalue weighted by atomic mass is 16.5. The molecule has 2 aromatic carbocycles. The molecule has 19 heavy (non-hydrogen) atoms. The topological polar surface area (TPSA) is 21.3 Å². The maximum absolute atomic E-state index is 5.74. The van der Waals surface area contributed by atoms with E-state index < -0.39 is 0 Å². The zero-order valence-electron chi connectivity index (χ0n) is 11.4. The Balaban J connectivity index is 1.95. The fraction of sp³-hybridized carbons (Fsp3) is 0.294. The van der Waals surface area contributed by atoms with E-state index in [0.29, 0.717) is 12.1 Å². The molecule has 0 aliphatic carbocycles. The van der Waals surface area contributed by atoms with E-state index in [1.54, 1.807) is 0 Å². The van der Waals surface area contributed by atoms with Crippen LogP contribution in [0.1, 0.15) is 25.5 Å². The third-order valence-electron chi connectivity index (χ3n) is 3.43. The molecule has 0 aromatic heterocycles. The van der Waals surface area contributed by atoms with Gasteiger partial charge in [-0.05, 0) is 23.3 Å². The van der Waals surface area contributed by atoms with Crippen molar-refractivity contribution in [2.45, 2.75) is 25.9 Å². The van der Waals surface area contributed by atoms with Crippen LogP contribution in [-0.4, -0.2) is 12.6 Å². The summed E-state index contributed by atoms with van der Waals surface area (Å²) in [7, 11) is 0. The fourth-order valence-electron chi connectivity index (χ4n) is 2.57. The molecular formula is C17H19NO. The summed E-state index contributed by atoms with van der Waals surface area (Å²) in [6.45, 7) is 5.06. The van der Waals surface area contributed by atoms with Gasteiger partial charge < -0.3 is 10.1 Å². The number of benzene rings is 2. The normalized spacial score (nSPS) is 17.3. The smallest absolute Gasteiger partial charge is 0.124 e. The summed E-state index contributed by atoms with van der Waals surface area (Å²) in [5, 5.41) is 3.55. The van der Waals surface area contributed by atoms with Crippen LogP contribution in [0.2, 0.25) is 0 Å². The molecule has 0 saturated heterocycles. The van der Waals surface area contributed by atoms with Crippen molar-refractivity contribution >= 4 is 0 Å². The summed E-state index contributed by atoms with van der Waals surface area (Å²) in [5.74, 6) is 1.01. The average molecular weight is 253 g/mol. The largest absolute Gasteiger partial charge is 0.491 e. The molecule has 1 heterocycles.